The molecule has 9 nitrogen and oxygen atoms in total. The van der Waals surface area contributed by atoms with Crippen LogP contribution in [0.3, 0.4) is 0 Å². The number of rotatable bonds is 5. The number of aldehydes is 1. The number of ether oxygens (including phenoxy) is 1. The van der Waals surface area contributed by atoms with E-state index in [0.29, 0.717) is 11.6 Å². The zero-order chi connectivity index (χ0) is 26.5. The summed E-state index contributed by atoms with van der Waals surface area (Å²) in [7, 11) is 1.68. The van der Waals surface area contributed by atoms with Crippen LogP contribution >= 0.6 is 0 Å². The van der Waals surface area contributed by atoms with Gasteiger partial charge in [0.2, 0.25) is 5.95 Å². The van der Waals surface area contributed by atoms with E-state index < -0.39 is 0 Å². The minimum absolute atomic E-state index is 0.540. The van der Waals surface area contributed by atoms with E-state index in [-0.39, 0.29) is 0 Å². The Hall–Kier alpha value is -3.43. The number of hydrogen-bond acceptors (Lipinski definition) is 9. The number of hydrogen-bond donors (Lipinski definition) is 1. The number of carbonyl (C=O) groups is 1. The molecule has 37 heavy (non-hydrogen) atoms. The van der Waals surface area contributed by atoms with E-state index in [1.54, 1.807) is 25.7 Å². The van der Waals surface area contributed by atoms with Crippen LogP contribution in [-0.4, -0.2) is 78.7 Å². The molecule has 1 N–H and O–H groups in total. The van der Waals surface area contributed by atoms with Gasteiger partial charge in [-0.25, -0.2) is 15.0 Å². The average molecular weight is 506 g/mol. The SMILES string of the molecule is CC1CCCN1c1nccc(-c2ccncc2)n1.CCOC.Cc1cc(C=O)cnc1N1CCNCC1. The minimum Gasteiger partial charge on any atom is -0.385 e. The van der Waals surface area contributed by atoms with Crippen molar-refractivity contribution in [1.29, 1.82) is 0 Å². The normalized spacial score (nSPS) is 16.8. The predicted octanol–water partition coefficient (Wildman–Crippen LogP) is 3.79. The molecule has 5 heterocycles. The van der Waals surface area contributed by atoms with E-state index >= 15 is 0 Å². The van der Waals surface area contributed by atoms with Crippen molar-refractivity contribution < 1.29 is 9.53 Å². The Bertz CT molecular complexity index is 1090. The molecule has 1 unspecified atom stereocenters. The van der Waals surface area contributed by atoms with Crippen LogP contribution in [0.15, 0.2) is 49.1 Å². The quantitative estimate of drug-likeness (QED) is 0.520. The maximum Gasteiger partial charge on any atom is 0.226 e. The van der Waals surface area contributed by atoms with Crippen molar-refractivity contribution in [2.45, 2.75) is 39.7 Å². The molecule has 2 saturated heterocycles. The van der Waals surface area contributed by atoms with Crippen LogP contribution in [0.4, 0.5) is 11.8 Å². The number of pyridine rings is 2. The van der Waals surface area contributed by atoms with Crippen LogP contribution in [0.5, 0.6) is 0 Å². The molecule has 0 aliphatic carbocycles. The van der Waals surface area contributed by atoms with Crippen molar-refractivity contribution in [2.24, 2.45) is 0 Å². The molecule has 5 rings (SSSR count). The second kappa shape index (κ2) is 15.0. The summed E-state index contributed by atoms with van der Waals surface area (Å²) in [5.41, 5.74) is 3.76. The Morgan fingerprint density at radius 3 is 2.43 bits per heavy atom. The van der Waals surface area contributed by atoms with Crippen molar-refractivity contribution in [3.8, 4) is 11.3 Å². The fourth-order valence-corrected chi connectivity index (χ4v) is 4.26. The molecule has 0 amide bonds. The van der Waals surface area contributed by atoms with Crippen molar-refractivity contribution >= 4 is 18.1 Å². The summed E-state index contributed by atoms with van der Waals surface area (Å²) in [4.78, 5) is 32.5. The minimum atomic E-state index is 0.540. The molecule has 3 aromatic heterocycles. The summed E-state index contributed by atoms with van der Waals surface area (Å²) in [6.45, 7) is 12.0. The summed E-state index contributed by atoms with van der Waals surface area (Å²) < 4.78 is 4.54. The lowest BCUT2D eigenvalue weighted by atomic mass is 10.2. The second-order valence-electron chi connectivity index (χ2n) is 9.00. The Kier molecular flexibility index (Phi) is 11.4. The first-order valence-corrected chi connectivity index (χ1v) is 12.9. The molecule has 9 heteroatoms. The Balaban J connectivity index is 0.000000182. The number of methoxy groups -OCH3 is 1. The third-order valence-electron chi connectivity index (χ3n) is 6.34. The summed E-state index contributed by atoms with van der Waals surface area (Å²) in [6, 6.07) is 8.31. The lowest BCUT2D eigenvalue weighted by molar-refractivity contribution is 0.112. The molecule has 3 aromatic rings. The van der Waals surface area contributed by atoms with Crippen molar-refractivity contribution in [3.05, 3.63) is 60.2 Å². The first-order chi connectivity index (χ1) is 18.1. The maximum absolute atomic E-state index is 10.6. The standard InChI is InChI=1S/C14H16N4.C11H15N3O.C3H8O/c1-11-3-2-10-18(11)14-16-9-6-13(17-14)12-4-7-15-8-5-12;1-9-6-10(8-15)7-13-11(9)14-4-2-12-3-5-14;1-3-4-2/h4-9,11H,2-3,10H2,1H3;6-8,12H,2-5H2,1H3;3H2,1-2H3. The molecule has 2 aliphatic rings. The van der Waals surface area contributed by atoms with E-state index in [1.807, 2.05) is 44.3 Å². The monoisotopic (exact) mass is 505 g/mol. The topological polar surface area (TPSA) is 96.4 Å². The van der Waals surface area contributed by atoms with E-state index in [2.05, 4.69) is 46.7 Å². The number of carbonyl (C=O) groups excluding carboxylic acids is 1. The smallest absolute Gasteiger partial charge is 0.226 e. The first-order valence-electron chi connectivity index (χ1n) is 12.9. The predicted molar refractivity (Wildman–Crippen MR) is 148 cm³/mol. The summed E-state index contributed by atoms with van der Waals surface area (Å²) in [5.74, 6) is 1.84. The number of anilines is 2. The highest BCUT2D eigenvalue weighted by Gasteiger charge is 2.22. The second-order valence-corrected chi connectivity index (χ2v) is 9.00. The van der Waals surface area contributed by atoms with Gasteiger partial charge >= 0.3 is 0 Å². The van der Waals surface area contributed by atoms with Gasteiger partial charge in [0, 0.05) is 88.4 Å². The van der Waals surface area contributed by atoms with Gasteiger partial charge in [-0.1, -0.05) is 0 Å². The lowest BCUT2D eigenvalue weighted by Crippen LogP contribution is -2.44. The van der Waals surface area contributed by atoms with Crippen molar-refractivity contribution in [3.63, 3.8) is 0 Å². The van der Waals surface area contributed by atoms with Gasteiger partial charge in [-0.3, -0.25) is 9.78 Å². The van der Waals surface area contributed by atoms with Crippen molar-refractivity contribution in [2.75, 3.05) is 56.2 Å². The van der Waals surface area contributed by atoms with E-state index in [4.69, 9.17) is 0 Å². The number of nitrogens with one attached hydrogen (secondary N) is 1. The zero-order valence-corrected chi connectivity index (χ0v) is 22.4. The third-order valence-corrected chi connectivity index (χ3v) is 6.34. The summed E-state index contributed by atoms with van der Waals surface area (Å²) in [6.07, 6.45) is 10.3. The third kappa shape index (κ3) is 8.30. The van der Waals surface area contributed by atoms with Gasteiger partial charge in [0.05, 0.1) is 5.69 Å². The molecule has 0 aromatic carbocycles. The van der Waals surface area contributed by atoms with Gasteiger partial charge < -0.3 is 19.9 Å². The Labute approximate surface area is 220 Å². The molecule has 0 saturated carbocycles. The van der Waals surface area contributed by atoms with Crippen molar-refractivity contribution in [1.82, 2.24) is 25.3 Å². The average Bonchev–Trinajstić information content (AvgIpc) is 3.40. The van der Waals surface area contributed by atoms with E-state index in [9.17, 15) is 4.79 Å². The van der Waals surface area contributed by atoms with Crippen LogP contribution in [-0.2, 0) is 4.74 Å². The summed E-state index contributed by atoms with van der Waals surface area (Å²) >= 11 is 0. The van der Waals surface area contributed by atoms with Gasteiger partial charge in [0.1, 0.15) is 5.82 Å². The van der Waals surface area contributed by atoms with Gasteiger partial charge in [0.25, 0.3) is 0 Å². The van der Waals surface area contributed by atoms with Crippen LogP contribution < -0.4 is 15.1 Å². The molecule has 2 fully saturated rings. The summed E-state index contributed by atoms with van der Waals surface area (Å²) in [5, 5.41) is 3.30. The van der Waals surface area contributed by atoms with Crippen LogP contribution in [0, 0.1) is 6.92 Å². The fraction of sp³-hybridized carbons (Fsp3) is 0.464. The highest BCUT2D eigenvalue weighted by Crippen LogP contribution is 2.24. The molecule has 0 bridgehead atoms. The number of piperazine rings is 1. The lowest BCUT2D eigenvalue weighted by Gasteiger charge is -2.29. The van der Waals surface area contributed by atoms with Gasteiger partial charge in [0.15, 0.2) is 6.29 Å². The van der Waals surface area contributed by atoms with E-state index in [0.717, 1.165) is 74.2 Å². The zero-order valence-electron chi connectivity index (χ0n) is 22.4. The molecular weight excluding hydrogens is 466 g/mol. The Morgan fingerprint density at radius 1 is 1.11 bits per heavy atom. The number of nitrogens with zero attached hydrogens (tertiary/aromatic N) is 6. The fourth-order valence-electron chi connectivity index (χ4n) is 4.26. The number of aryl methyl sites for hydroxylation is 1. The van der Waals surface area contributed by atoms with Crippen LogP contribution in [0.2, 0.25) is 0 Å². The molecule has 198 valence electrons. The molecule has 0 radical (unpaired) electrons. The van der Waals surface area contributed by atoms with Crippen LogP contribution in [0.25, 0.3) is 11.3 Å². The first kappa shape index (κ1) is 28.1. The molecule has 0 spiro atoms. The Morgan fingerprint density at radius 2 is 1.84 bits per heavy atom. The maximum atomic E-state index is 10.6. The largest absolute Gasteiger partial charge is 0.385 e. The molecular formula is C28H39N7O2. The van der Waals surface area contributed by atoms with Gasteiger partial charge in [-0.2, -0.15) is 0 Å². The number of aromatic nitrogens is 4. The highest BCUT2D eigenvalue weighted by molar-refractivity contribution is 5.75. The molecule has 1 atom stereocenters. The van der Waals surface area contributed by atoms with Gasteiger partial charge in [-0.05, 0) is 63.4 Å². The van der Waals surface area contributed by atoms with Gasteiger partial charge in [-0.15, -0.1) is 0 Å². The molecule has 2 aliphatic heterocycles. The van der Waals surface area contributed by atoms with E-state index in [1.165, 1.54) is 12.8 Å². The van der Waals surface area contributed by atoms with Crippen LogP contribution in [0.1, 0.15) is 42.6 Å². The highest BCUT2D eigenvalue weighted by atomic mass is 16.5.